The lowest BCUT2D eigenvalue weighted by Crippen LogP contribution is -2.03. The molecule has 102 valence electrons. The molecule has 0 radical (unpaired) electrons. The highest BCUT2D eigenvalue weighted by Gasteiger charge is 2.08. The molecule has 1 N–H and O–H groups in total. The van der Waals surface area contributed by atoms with Crippen LogP contribution in [-0.4, -0.2) is 7.05 Å². The zero-order valence-electron chi connectivity index (χ0n) is 11.4. The minimum absolute atomic E-state index is 0.219. The molecule has 1 aromatic carbocycles. The summed E-state index contributed by atoms with van der Waals surface area (Å²) in [6, 6.07) is 6.72. The van der Waals surface area contributed by atoms with Crippen molar-refractivity contribution in [3.8, 4) is 5.75 Å². The highest BCUT2D eigenvalue weighted by molar-refractivity contribution is 5.29. The van der Waals surface area contributed by atoms with Crippen molar-refractivity contribution >= 4 is 0 Å². The Morgan fingerprint density at radius 1 is 1.26 bits per heavy atom. The molecule has 0 fully saturated rings. The molecule has 0 aliphatic heterocycles. The van der Waals surface area contributed by atoms with Crippen molar-refractivity contribution in [3.05, 3.63) is 52.7 Å². The third kappa shape index (κ3) is 3.35. The van der Waals surface area contributed by atoms with Crippen molar-refractivity contribution in [2.75, 3.05) is 7.05 Å². The summed E-state index contributed by atoms with van der Waals surface area (Å²) in [5.41, 5.74) is 1.59. The molecule has 2 rings (SSSR count). The Bertz CT molecular complexity index is 563. The Morgan fingerprint density at radius 2 is 2.05 bits per heavy atom. The number of hydrogen-bond acceptors (Lipinski definition) is 3. The molecule has 0 unspecified atom stereocenters. The first-order valence-electron chi connectivity index (χ1n) is 6.22. The van der Waals surface area contributed by atoms with Crippen LogP contribution in [-0.2, 0) is 13.2 Å². The Hall–Kier alpha value is -1.81. The predicted molar refractivity (Wildman–Crippen MR) is 71.7 cm³/mol. The lowest BCUT2D eigenvalue weighted by molar-refractivity contribution is 0.302. The number of rotatable bonds is 5. The molecule has 0 aliphatic carbocycles. The van der Waals surface area contributed by atoms with Crippen LogP contribution in [0.25, 0.3) is 0 Å². The summed E-state index contributed by atoms with van der Waals surface area (Å²) in [7, 11) is 1.87. The number of hydrogen-bond donors (Lipinski definition) is 1. The predicted octanol–water partition coefficient (Wildman–Crippen LogP) is 3.33. The van der Waals surface area contributed by atoms with Crippen LogP contribution in [0.15, 0.2) is 28.7 Å². The van der Waals surface area contributed by atoms with E-state index in [1.165, 1.54) is 6.07 Å². The van der Waals surface area contributed by atoms with Gasteiger partial charge in [-0.25, -0.2) is 4.39 Å². The number of nitrogens with one attached hydrogen (secondary N) is 1. The molecule has 4 heteroatoms. The van der Waals surface area contributed by atoms with E-state index in [1.807, 2.05) is 20.0 Å². The fourth-order valence-electron chi connectivity index (χ4n) is 1.86. The minimum Gasteiger partial charge on any atom is -0.489 e. The van der Waals surface area contributed by atoms with Crippen LogP contribution >= 0.6 is 0 Å². The molecule has 0 amide bonds. The molecule has 0 spiro atoms. The molecule has 3 nitrogen and oxygen atoms in total. The summed E-state index contributed by atoms with van der Waals surface area (Å²) in [5.74, 6) is 2.18. The normalized spacial score (nSPS) is 10.7. The van der Waals surface area contributed by atoms with E-state index in [0.717, 1.165) is 17.1 Å². The summed E-state index contributed by atoms with van der Waals surface area (Å²) >= 11 is 0. The second-order valence-corrected chi connectivity index (χ2v) is 4.52. The van der Waals surface area contributed by atoms with E-state index in [0.29, 0.717) is 24.5 Å². The molecule has 0 atom stereocenters. The van der Waals surface area contributed by atoms with Gasteiger partial charge in [-0.2, -0.15) is 0 Å². The van der Waals surface area contributed by atoms with Crippen molar-refractivity contribution in [3.63, 3.8) is 0 Å². The monoisotopic (exact) mass is 263 g/mol. The average molecular weight is 263 g/mol. The molecule has 0 saturated heterocycles. The highest BCUT2D eigenvalue weighted by Crippen LogP contribution is 2.20. The maximum Gasteiger partial charge on any atom is 0.126 e. The third-order valence-corrected chi connectivity index (χ3v) is 2.95. The van der Waals surface area contributed by atoms with Gasteiger partial charge in [0.05, 0.1) is 6.54 Å². The van der Waals surface area contributed by atoms with Gasteiger partial charge in [0.1, 0.15) is 29.7 Å². The topological polar surface area (TPSA) is 34.4 Å². The van der Waals surface area contributed by atoms with Crippen LogP contribution < -0.4 is 10.1 Å². The molecule has 2 aromatic rings. The maximum atomic E-state index is 13.1. The van der Waals surface area contributed by atoms with Crippen LogP contribution in [0.4, 0.5) is 4.39 Å². The Kier molecular flexibility index (Phi) is 4.22. The summed E-state index contributed by atoms with van der Waals surface area (Å²) in [6.45, 7) is 4.74. The largest absolute Gasteiger partial charge is 0.489 e. The van der Waals surface area contributed by atoms with Gasteiger partial charge in [-0.05, 0) is 50.7 Å². The number of aryl methyl sites for hydroxylation is 2. The summed E-state index contributed by atoms with van der Waals surface area (Å²) in [5, 5.41) is 3.04. The zero-order chi connectivity index (χ0) is 13.8. The maximum absolute atomic E-state index is 13.1. The van der Waals surface area contributed by atoms with E-state index in [-0.39, 0.29) is 5.82 Å². The van der Waals surface area contributed by atoms with Crippen molar-refractivity contribution in [1.82, 2.24) is 5.32 Å². The van der Waals surface area contributed by atoms with Gasteiger partial charge in [0.25, 0.3) is 0 Å². The van der Waals surface area contributed by atoms with Crippen molar-refractivity contribution in [2.24, 2.45) is 0 Å². The van der Waals surface area contributed by atoms with E-state index in [1.54, 1.807) is 19.1 Å². The fraction of sp³-hybridized carbons (Fsp3) is 0.333. The van der Waals surface area contributed by atoms with Gasteiger partial charge >= 0.3 is 0 Å². The van der Waals surface area contributed by atoms with Gasteiger partial charge in [0, 0.05) is 5.56 Å². The van der Waals surface area contributed by atoms with Crippen LogP contribution in [0, 0.1) is 19.7 Å². The average Bonchev–Trinajstić information content (AvgIpc) is 2.72. The van der Waals surface area contributed by atoms with Crippen molar-refractivity contribution in [2.45, 2.75) is 27.0 Å². The molecule has 19 heavy (non-hydrogen) atoms. The Morgan fingerprint density at radius 3 is 2.74 bits per heavy atom. The molecule has 1 aromatic heterocycles. The van der Waals surface area contributed by atoms with E-state index in [2.05, 4.69) is 5.32 Å². The van der Waals surface area contributed by atoms with Crippen molar-refractivity contribution < 1.29 is 13.5 Å². The second-order valence-electron chi connectivity index (χ2n) is 4.52. The number of benzene rings is 1. The van der Waals surface area contributed by atoms with E-state index in [4.69, 9.17) is 9.15 Å². The smallest absolute Gasteiger partial charge is 0.126 e. The van der Waals surface area contributed by atoms with E-state index >= 15 is 0 Å². The summed E-state index contributed by atoms with van der Waals surface area (Å²) in [4.78, 5) is 0. The summed E-state index contributed by atoms with van der Waals surface area (Å²) in [6.07, 6.45) is 0. The number of ether oxygens (including phenoxy) is 1. The minimum atomic E-state index is -0.219. The van der Waals surface area contributed by atoms with Crippen LogP contribution in [0.1, 0.15) is 22.6 Å². The molecule has 0 bridgehead atoms. The molecule has 1 heterocycles. The van der Waals surface area contributed by atoms with Crippen molar-refractivity contribution in [1.29, 1.82) is 0 Å². The SMILES string of the molecule is CNCc1cc(COc2ccc(F)c(C)c2)c(C)o1. The van der Waals surface area contributed by atoms with Gasteiger partial charge in [-0.3, -0.25) is 0 Å². The van der Waals surface area contributed by atoms with E-state index in [9.17, 15) is 4.39 Å². The number of furan rings is 1. The molecule has 0 aliphatic rings. The highest BCUT2D eigenvalue weighted by atomic mass is 19.1. The first kappa shape index (κ1) is 13.6. The molecule has 0 saturated carbocycles. The van der Waals surface area contributed by atoms with Gasteiger partial charge in [0.2, 0.25) is 0 Å². The van der Waals surface area contributed by atoms with Gasteiger partial charge in [-0.15, -0.1) is 0 Å². The first-order chi connectivity index (χ1) is 9.10. The van der Waals surface area contributed by atoms with E-state index < -0.39 is 0 Å². The van der Waals surface area contributed by atoms with Crippen LogP contribution in [0.2, 0.25) is 0 Å². The van der Waals surface area contributed by atoms with Gasteiger partial charge < -0.3 is 14.5 Å². The van der Waals surface area contributed by atoms with Gasteiger partial charge in [0.15, 0.2) is 0 Å². The van der Waals surface area contributed by atoms with Crippen LogP contribution in [0.3, 0.4) is 0 Å². The zero-order valence-corrected chi connectivity index (χ0v) is 11.4. The lowest BCUT2D eigenvalue weighted by atomic mass is 10.2. The fourth-order valence-corrected chi connectivity index (χ4v) is 1.86. The van der Waals surface area contributed by atoms with Crippen LogP contribution in [0.5, 0.6) is 5.75 Å². The van der Waals surface area contributed by atoms with Gasteiger partial charge in [-0.1, -0.05) is 0 Å². The standard InChI is InChI=1S/C15H18FNO2/c1-10-6-13(4-5-15(10)16)18-9-12-7-14(8-17-3)19-11(12)2/h4-7,17H,8-9H2,1-3H3. The first-order valence-corrected chi connectivity index (χ1v) is 6.22. The Balaban J connectivity index is 2.03. The second kappa shape index (κ2) is 5.89. The number of halogens is 1. The Labute approximate surface area is 112 Å². The lowest BCUT2D eigenvalue weighted by Gasteiger charge is -2.06. The quantitative estimate of drug-likeness (QED) is 0.898. The third-order valence-electron chi connectivity index (χ3n) is 2.95. The molecular weight excluding hydrogens is 245 g/mol. The molecular formula is C15H18FNO2. The summed E-state index contributed by atoms with van der Waals surface area (Å²) < 4.78 is 24.4.